The van der Waals surface area contributed by atoms with Gasteiger partial charge in [-0.1, -0.05) is 51.3 Å². The Balaban J connectivity index is 1.26. The summed E-state index contributed by atoms with van der Waals surface area (Å²) in [7, 11) is 0. The molecule has 0 aliphatic heterocycles. The monoisotopic (exact) mass is 716 g/mol. The van der Waals surface area contributed by atoms with Crippen molar-refractivity contribution in [3.8, 4) is 23.0 Å². The van der Waals surface area contributed by atoms with E-state index in [2.05, 4.69) is 13.2 Å². The molecule has 0 saturated carbocycles. The number of hydrogen-bond donors (Lipinski definition) is 0. The normalized spacial score (nSPS) is 11.8. The molecule has 0 fully saturated rings. The van der Waals surface area contributed by atoms with Gasteiger partial charge in [-0.3, -0.25) is 4.79 Å². The van der Waals surface area contributed by atoms with Crippen LogP contribution in [-0.2, 0) is 19.1 Å². The highest BCUT2D eigenvalue weighted by atomic mass is 16.7. The second kappa shape index (κ2) is 17.0. The average molecular weight is 717 g/mol. The van der Waals surface area contributed by atoms with Gasteiger partial charge in [0.1, 0.15) is 23.0 Å². The van der Waals surface area contributed by atoms with Gasteiger partial charge in [-0.15, -0.1) is 0 Å². The van der Waals surface area contributed by atoms with Crippen molar-refractivity contribution in [2.45, 2.75) is 46.2 Å². The van der Waals surface area contributed by atoms with E-state index < -0.39 is 42.2 Å². The first-order valence-corrected chi connectivity index (χ1v) is 16.7. The van der Waals surface area contributed by atoms with Crippen LogP contribution in [0, 0.1) is 0 Å². The predicted octanol–water partition coefficient (Wildman–Crippen LogP) is 8.32. The van der Waals surface area contributed by atoms with E-state index in [-0.39, 0.29) is 28.2 Å². The molecule has 0 aliphatic carbocycles. The standard InChI is InChI=1S/C42H36O11/c1-6-37(44)52-39(8-3)48-32-16-14-26-20-30(12-10-28(26)22-32)41(46)50-34-18-19-36(35(24-34)25(5)43)51-42(47)31-13-11-29-23-33(17-15-27(29)21-31)49-40(9-4)53-38(45)7-2/h6-7,10-24,39-40H,1-2,8-9H2,3-5H3. The van der Waals surface area contributed by atoms with Gasteiger partial charge in [0, 0.05) is 25.0 Å². The lowest BCUT2D eigenvalue weighted by Crippen LogP contribution is -2.22. The Hall–Kier alpha value is -6.75. The summed E-state index contributed by atoms with van der Waals surface area (Å²) in [5.74, 6) is -1.92. The van der Waals surface area contributed by atoms with Crippen LogP contribution in [0.15, 0.2) is 116 Å². The third-order valence-electron chi connectivity index (χ3n) is 7.87. The molecule has 0 spiro atoms. The van der Waals surface area contributed by atoms with Crippen LogP contribution in [0.5, 0.6) is 23.0 Å². The highest BCUT2D eigenvalue weighted by Crippen LogP contribution is 2.29. The van der Waals surface area contributed by atoms with Crippen molar-refractivity contribution >= 4 is 51.2 Å². The summed E-state index contributed by atoms with van der Waals surface area (Å²) in [6.45, 7) is 11.7. The number of Topliss-reactive ketones (excluding diaryl/α,β-unsaturated/α-hetero) is 1. The molecule has 11 heteroatoms. The van der Waals surface area contributed by atoms with Gasteiger partial charge in [-0.2, -0.15) is 0 Å². The van der Waals surface area contributed by atoms with E-state index in [1.54, 1.807) is 72.8 Å². The minimum Gasteiger partial charge on any atom is -0.455 e. The maximum atomic E-state index is 13.2. The van der Waals surface area contributed by atoms with Crippen molar-refractivity contribution in [2.24, 2.45) is 0 Å². The lowest BCUT2D eigenvalue weighted by atomic mass is 10.1. The van der Waals surface area contributed by atoms with Crippen LogP contribution in [0.25, 0.3) is 21.5 Å². The van der Waals surface area contributed by atoms with E-state index in [0.717, 1.165) is 33.7 Å². The minimum atomic E-state index is -0.787. The topological polar surface area (TPSA) is 141 Å². The Labute approximate surface area is 305 Å². The first kappa shape index (κ1) is 37.5. The molecule has 0 amide bonds. The summed E-state index contributed by atoms with van der Waals surface area (Å²) in [6.07, 6.45) is 1.42. The van der Waals surface area contributed by atoms with Gasteiger partial charge in [0.15, 0.2) is 5.78 Å². The number of ether oxygens (including phenoxy) is 6. The third-order valence-corrected chi connectivity index (χ3v) is 7.87. The number of hydrogen-bond acceptors (Lipinski definition) is 11. The first-order valence-electron chi connectivity index (χ1n) is 16.7. The van der Waals surface area contributed by atoms with E-state index >= 15 is 0 Å². The molecule has 53 heavy (non-hydrogen) atoms. The SMILES string of the molecule is C=CC(=O)OC(CC)Oc1ccc2cc(C(=O)Oc3ccc(OC(=O)c4ccc5cc(OC(CC)OC(=O)C=C)ccc5c4)c(C(C)=O)c3)ccc2c1. The summed E-state index contributed by atoms with van der Waals surface area (Å²) in [5.41, 5.74) is 0.538. The smallest absolute Gasteiger partial charge is 0.343 e. The first-order chi connectivity index (χ1) is 25.5. The summed E-state index contributed by atoms with van der Waals surface area (Å²) in [4.78, 5) is 62.0. The lowest BCUT2D eigenvalue weighted by molar-refractivity contribution is -0.158. The zero-order valence-corrected chi connectivity index (χ0v) is 29.3. The molecule has 5 aromatic rings. The molecule has 0 bridgehead atoms. The summed E-state index contributed by atoms with van der Waals surface area (Å²) < 4.78 is 33.1. The van der Waals surface area contributed by atoms with E-state index in [0.29, 0.717) is 24.3 Å². The number of fused-ring (bicyclic) bond motifs is 2. The molecule has 2 unspecified atom stereocenters. The summed E-state index contributed by atoms with van der Waals surface area (Å²) in [5, 5.41) is 2.98. The molecule has 5 rings (SSSR count). The van der Waals surface area contributed by atoms with Crippen LogP contribution < -0.4 is 18.9 Å². The largest absolute Gasteiger partial charge is 0.455 e. The second-order valence-corrected chi connectivity index (χ2v) is 11.6. The molecular formula is C42H36O11. The highest BCUT2D eigenvalue weighted by Gasteiger charge is 2.19. The number of rotatable bonds is 15. The Morgan fingerprint density at radius 2 is 1.00 bits per heavy atom. The van der Waals surface area contributed by atoms with Crippen molar-refractivity contribution < 1.29 is 52.4 Å². The molecule has 0 aromatic heterocycles. The molecule has 0 radical (unpaired) electrons. The van der Waals surface area contributed by atoms with E-state index in [9.17, 15) is 24.0 Å². The Bertz CT molecular complexity index is 2240. The molecular weight excluding hydrogens is 680 g/mol. The van der Waals surface area contributed by atoms with Crippen LogP contribution in [0.2, 0.25) is 0 Å². The van der Waals surface area contributed by atoms with Crippen molar-refractivity contribution in [1.82, 2.24) is 0 Å². The maximum Gasteiger partial charge on any atom is 0.343 e. The quantitative estimate of drug-likeness (QED) is 0.0340. The van der Waals surface area contributed by atoms with Gasteiger partial charge in [0.25, 0.3) is 0 Å². The fourth-order valence-corrected chi connectivity index (χ4v) is 5.15. The Kier molecular flexibility index (Phi) is 12.0. The van der Waals surface area contributed by atoms with Gasteiger partial charge in [-0.05, 0) is 95.2 Å². The summed E-state index contributed by atoms with van der Waals surface area (Å²) in [6, 6.07) is 24.5. The number of carbonyl (C=O) groups excluding carboxylic acids is 5. The van der Waals surface area contributed by atoms with Crippen LogP contribution in [0.4, 0.5) is 0 Å². The Morgan fingerprint density at radius 3 is 1.45 bits per heavy atom. The van der Waals surface area contributed by atoms with Crippen molar-refractivity contribution in [1.29, 1.82) is 0 Å². The maximum absolute atomic E-state index is 13.2. The fraction of sp³-hybridized carbons (Fsp3) is 0.167. The fourth-order valence-electron chi connectivity index (χ4n) is 5.15. The van der Waals surface area contributed by atoms with Gasteiger partial charge in [0.05, 0.1) is 16.7 Å². The van der Waals surface area contributed by atoms with Gasteiger partial charge >= 0.3 is 23.9 Å². The molecule has 2 atom stereocenters. The van der Waals surface area contributed by atoms with Gasteiger partial charge in [0.2, 0.25) is 12.6 Å². The van der Waals surface area contributed by atoms with Crippen LogP contribution in [0.3, 0.4) is 0 Å². The van der Waals surface area contributed by atoms with Crippen LogP contribution in [-0.4, -0.2) is 42.2 Å². The molecule has 5 aromatic carbocycles. The molecule has 0 saturated heterocycles. The Morgan fingerprint density at radius 1 is 0.566 bits per heavy atom. The number of benzene rings is 5. The van der Waals surface area contributed by atoms with E-state index in [1.165, 1.54) is 25.1 Å². The average Bonchev–Trinajstić information content (AvgIpc) is 3.16. The molecule has 0 heterocycles. The highest BCUT2D eigenvalue weighted by molar-refractivity contribution is 6.01. The molecule has 0 N–H and O–H groups in total. The summed E-state index contributed by atoms with van der Waals surface area (Å²) >= 11 is 0. The number of ketones is 1. The van der Waals surface area contributed by atoms with Crippen LogP contribution in [0.1, 0.15) is 64.7 Å². The van der Waals surface area contributed by atoms with Crippen molar-refractivity contribution in [3.05, 3.63) is 133 Å². The molecule has 0 aliphatic rings. The number of carbonyl (C=O) groups is 5. The lowest BCUT2D eigenvalue weighted by Gasteiger charge is -2.17. The predicted molar refractivity (Wildman–Crippen MR) is 196 cm³/mol. The third kappa shape index (κ3) is 9.53. The van der Waals surface area contributed by atoms with Gasteiger partial charge < -0.3 is 28.4 Å². The van der Waals surface area contributed by atoms with Crippen molar-refractivity contribution in [2.75, 3.05) is 0 Å². The zero-order chi connectivity index (χ0) is 38.1. The molecule has 270 valence electrons. The zero-order valence-electron chi connectivity index (χ0n) is 29.3. The van der Waals surface area contributed by atoms with Gasteiger partial charge in [-0.25, -0.2) is 19.2 Å². The van der Waals surface area contributed by atoms with E-state index in [1.807, 2.05) is 13.8 Å². The van der Waals surface area contributed by atoms with E-state index in [4.69, 9.17) is 28.4 Å². The van der Waals surface area contributed by atoms with Crippen molar-refractivity contribution in [3.63, 3.8) is 0 Å². The second-order valence-electron chi connectivity index (χ2n) is 11.6. The minimum absolute atomic E-state index is 0.000814. The van der Waals surface area contributed by atoms with Crippen LogP contribution >= 0.6 is 0 Å². The molecule has 11 nitrogen and oxygen atoms in total. The number of esters is 4.